The van der Waals surface area contributed by atoms with Crippen molar-refractivity contribution >= 4 is 39.9 Å². The second kappa shape index (κ2) is 8.74. The van der Waals surface area contributed by atoms with Crippen molar-refractivity contribution in [3.8, 4) is 0 Å². The molecule has 7 nitrogen and oxygen atoms in total. The maximum Gasteiger partial charge on any atom is 0.152 e. The van der Waals surface area contributed by atoms with Crippen LogP contribution >= 0.6 is 0 Å². The van der Waals surface area contributed by atoms with E-state index < -0.39 is 0 Å². The number of nitrogens with two attached hydrogens (primary N) is 1. The maximum absolute atomic E-state index is 11.9. The number of hydrogen-bond donors (Lipinski definition) is 3. The summed E-state index contributed by atoms with van der Waals surface area (Å²) in [6.07, 6.45) is 3.35. The summed E-state index contributed by atoms with van der Waals surface area (Å²) >= 11 is 0. The number of nitrogens with one attached hydrogen (secondary N) is 2. The number of piperidine rings is 1. The minimum Gasteiger partial charge on any atom is -0.399 e. The minimum absolute atomic E-state index is 0.181. The number of fused-ring (bicyclic) bond motifs is 1. The van der Waals surface area contributed by atoms with Gasteiger partial charge in [-0.15, -0.1) is 0 Å². The molecule has 1 atom stereocenters. The molecule has 3 heterocycles. The summed E-state index contributed by atoms with van der Waals surface area (Å²) in [4.78, 5) is 24.4. The van der Waals surface area contributed by atoms with E-state index in [-0.39, 0.29) is 6.04 Å². The van der Waals surface area contributed by atoms with Gasteiger partial charge in [0.05, 0.1) is 5.69 Å². The molecule has 0 saturated carbocycles. The molecule has 0 radical (unpaired) electrons. The van der Waals surface area contributed by atoms with E-state index in [0.29, 0.717) is 18.2 Å². The van der Waals surface area contributed by atoms with Crippen molar-refractivity contribution in [3.05, 3.63) is 48.3 Å². The standard InChI is InChI=1S/C24H30N6O/c1-4-29(24-22(27-16(2)3)6-5-10-26-24)19-9-11-30(20(14-19)15-31)23-13-17-12-18(25)7-8-21(17)28-23/h5-8,10,12-13,16,19,27-28H,4,9,11,14,25H2,1-3H3. The Hall–Kier alpha value is -3.44. The number of aromatic nitrogens is 2. The van der Waals surface area contributed by atoms with Crippen LogP contribution in [0.5, 0.6) is 0 Å². The number of pyridine rings is 1. The number of aromatic amines is 1. The van der Waals surface area contributed by atoms with Crippen molar-refractivity contribution < 1.29 is 4.79 Å². The fraction of sp³-hybridized carbons (Fsp3) is 0.375. The van der Waals surface area contributed by atoms with Crippen molar-refractivity contribution in [2.24, 2.45) is 0 Å². The zero-order valence-corrected chi connectivity index (χ0v) is 18.4. The lowest BCUT2D eigenvalue weighted by atomic mass is 10.00. The quantitative estimate of drug-likeness (QED) is 0.411. The Morgan fingerprint density at radius 2 is 2.19 bits per heavy atom. The van der Waals surface area contributed by atoms with Gasteiger partial charge in [0.15, 0.2) is 5.82 Å². The molecule has 1 fully saturated rings. The summed E-state index contributed by atoms with van der Waals surface area (Å²) in [5.74, 6) is 4.04. The zero-order valence-electron chi connectivity index (χ0n) is 18.4. The van der Waals surface area contributed by atoms with Gasteiger partial charge >= 0.3 is 0 Å². The molecule has 1 saturated heterocycles. The first kappa shape index (κ1) is 20.8. The van der Waals surface area contributed by atoms with E-state index in [2.05, 4.69) is 53.0 Å². The van der Waals surface area contributed by atoms with E-state index in [1.165, 1.54) is 0 Å². The summed E-state index contributed by atoms with van der Waals surface area (Å²) in [5.41, 5.74) is 9.32. The number of nitrogens with zero attached hydrogens (tertiary/aromatic N) is 3. The first-order chi connectivity index (χ1) is 15.0. The van der Waals surface area contributed by atoms with Gasteiger partial charge in [-0.2, -0.15) is 0 Å². The van der Waals surface area contributed by atoms with Gasteiger partial charge in [0, 0.05) is 54.4 Å². The Morgan fingerprint density at radius 3 is 2.94 bits per heavy atom. The van der Waals surface area contributed by atoms with Crippen LogP contribution < -0.4 is 20.9 Å². The zero-order chi connectivity index (χ0) is 22.0. The van der Waals surface area contributed by atoms with E-state index >= 15 is 0 Å². The van der Waals surface area contributed by atoms with Crippen LogP contribution in [0.15, 0.2) is 48.3 Å². The molecule has 0 aliphatic carbocycles. The average molecular weight is 419 g/mol. The van der Waals surface area contributed by atoms with E-state index in [4.69, 9.17) is 5.73 Å². The molecule has 1 unspecified atom stereocenters. The fourth-order valence-electron chi connectivity index (χ4n) is 4.39. The molecular formula is C24H30N6O. The molecule has 7 heteroatoms. The average Bonchev–Trinajstić information content (AvgIpc) is 3.18. The number of nitrogen functional groups attached to an aromatic ring is 1. The molecule has 162 valence electrons. The number of benzene rings is 1. The third-order valence-corrected chi connectivity index (χ3v) is 5.76. The Labute approximate surface area is 182 Å². The molecule has 0 bridgehead atoms. The highest BCUT2D eigenvalue weighted by atomic mass is 16.1. The summed E-state index contributed by atoms with van der Waals surface area (Å²) < 4.78 is 0. The summed E-state index contributed by atoms with van der Waals surface area (Å²) in [5, 5.41) is 4.53. The molecule has 0 spiro atoms. The van der Waals surface area contributed by atoms with E-state index in [1.807, 2.05) is 41.4 Å². The molecule has 31 heavy (non-hydrogen) atoms. The predicted molar refractivity (Wildman–Crippen MR) is 128 cm³/mol. The topological polar surface area (TPSA) is 90.3 Å². The van der Waals surface area contributed by atoms with Crippen molar-refractivity contribution in [2.75, 3.05) is 33.9 Å². The molecule has 1 aliphatic rings. The number of anilines is 4. The highest BCUT2D eigenvalue weighted by Gasteiger charge is 2.31. The second-order valence-electron chi connectivity index (χ2n) is 8.31. The smallest absolute Gasteiger partial charge is 0.152 e. The van der Waals surface area contributed by atoms with Gasteiger partial charge in [0.25, 0.3) is 0 Å². The van der Waals surface area contributed by atoms with Crippen molar-refractivity contribution in [2.45, 2.75) is 45.7 Å². The molecule has 2 aromatic heterocycles. The van der Waals surface area contributed by atoms with Gasteiger partial charge in [0.2, 0.25) is 0 Å². The van der Waals surface area contributed by atoms with Crippen LogP contribution in [0, 0.1) is 0 Å². The van der Waals surface area contributed by atoms with Crippen molar-refractivity contribution in [1.82, 2.24) is 9.97 Å². The van der Waals surface area contributed by atoms with E-state index in [0.717, 1.165) is 53.4 Å². The van der Waals surface area contributed by atoms with Crippen LogP contribution in [0.3, 0.4) is 0 Å². The van der Waals surface area contributed by atoms with Gasteiger partial charge in [-0.25, -0.2) is 9.78 Å². The Morgan fingerprint density at radius 1 is 1.35 bits per heavy atom. The predicted octanol–water partition coefficient (Wildman–Crippen LogP) is 4.18. The SMILES string of the molecule is CCN(c1ncccc1NC(C)C)C1CCN(c2cc3cc(N)ccc3[nH]2)C(=C=O)C1. The van der Waals surface area contributed by atoms with Crippen LogP contribution in [-0.4, -0.2) is 41.1 Å². The Balaban J connectivity index is 1.58. The summed E-state index contributed by atoms with van der Waals surface area (Å²) in [6, 6.07) is 12.3. The number of rotatable bonds is 6. The van der Waals surface area contributed by atoms with Gasteiger partial charge in [-0.3, -0.25) is 0 Å². The maximum atomic E-state index is 11.9. The normalized spacial score (nSPS) is 16.6. The van der Waals surface area contributed by atoms with Gasteiger partial charge in [-0.1, -0.05) is 0 Å². The van der Waals surface area contributed by atoms with E-state index in [1.54, 1.807) is 0 Å². The first-order valence-corrected chi connectivity index (χ1v) is 10.9. The lowest BCUT2D eigenvalue weighted by Gasteiger charge is -2.40. The highest BCUT2D eigenvalue weighted by molar-refractivity contribution is 5.87. The molecule has 0 amide bonds. The van der Waals surface area contributed by atoms with Crippen LogP contribution in [0.25, 0.3) is 10.9 Å². The summed E-state index contributed by atoms with van der Waals surface area (Å²) in [6.45, 7) is 7.91. The third-order valence-electron chi connectivity index (χ3n) is 5.76. The monoisotopic (exact) mass is 418 g/mol. The molecule has 4 N–H and O–H groups in total. The number of hydrogen-bond acceptors (Lipinski definition) is 6. The van der Waals surface area contributed by atoms with Crippen LogP contribution in [0.1, 0.15) is 33.6 Å². The molecule has 4 rings (SSSR count). The van der Waals surface area contributed by atoms with Gasteiger partial charge in [0.1, 0.15) is 17.5 Å². The molecule has 1 aromatic carbocycles. The van der Waals surface area contributed by atoms with E-state index in [9.17, 15) is 4.79 Å². The minimum atomic E-state index is 0.181. The second-order valence-corrected chi connectivity index (χ2v) is 8.31. The number of carbonyl (C=O) groups excluding carboxylic acids is 1. The Bertz CT molecular complexity index is 1110. The molecule has 1 aliphatic heterocycles. The first-order valence-electron chi connectivity index (χ1n) is 10.9. The Kier molecular flexibility index (Phi) is 5.87. The van der Waals surface area contributed by atoms with Crippen molar-refractivity contribution in [1.29, 1.82) is 0 Å². The van der Waals surface area contributed by atoms with Crippen LogP contribution in [0.2, 0.25) is 0 Å². The fourth-order valence-corrected chi connectivity index (χ4v) is 4.39. The largest absolute Gasteiger partial charge is 0.399 e. The van der Waals surface area contributed by atoms with Crippen molar-refractivity contribution in [3.63, 3.8) is 0 Å². The molecule has 3 aromatic rings. The van der Waals surface area contributed by atoms with Gasteiger partial charge in [-0.05, 0) is 63.6 Å². The third kappa shape index (κ3) is 4.23. The van der Waals surface area contributed by atoms with Crippen LogP contribution in [-0.2, 0) is 4.79 Å². The lowest BCUT2D eigenvalue weighted by molar-refractivity contribution is 0.500. The van der Waals surface area contributed by atoms with Gasteiger partial charge < -0.3 is 25.8 Å². The molecular weight excluding hydrogens is 388 g/mol. The lowest BCUT2D eigenvalue weighted by Crippen LogP contribution is -2.45. The highest BCUT2D eigenvalue weighted by Crippen LogP contribution is 2.34. The van der Waals surface area contributed by atoms with Crippen LogP contribution in [0.4, 0.5) is 23.0 Å². The number of H-pyrrole nitrogens is 1. The summed E-state index contributed by atoms with van der Waals surface area (Å²) in [7, 11) is 0.